The minimum atomic E-state index is -3.14. The molecule has 0 aromatic carbocycles. The number of hydrogen-bond acceptors (Lipinski definition) is 6. The first kappa shape index (κ1) is 21.7. The topological polar surface area (TPSA) is 113 Å². The fourth-order valence-corrected chi connectivity index (χ4v) is 6.16. The molecule has 3 aromatic rings. The fraction of sp³-hybridized carbons (Fsp3) is 0.565. The van der Waals surface area contributed by atoms with Gasteiger partial charge in [0.2, 0.25) is 22.2 Å². The molecule has 3 aliphatic rings. The summed E-state index contributed by atoms with van der Waals surface area (Å²) in [6, 6.07) is 0.619. The van der Waals surface area contributed by atoms with Crippen molar-refractivity contribution in [2.45, 2.75) is 57.5 Å². The van der Waals surface area contributed by atoms with Gasteiger partial charge in [-0.25, -0.2) is 27.7 Å². The van der Waals surface area contributed by atoms with E-state index in [1.54, 1.807) is 4.31 Å². The number of anilines is 1. The summed E-state index contributed by atoms with van der Waals surface area (Å²) in [5.74, 6) is 1.63. The number of aryl methyl sites for hydroxylation is 4. The summed E-state index contributed by atoms with van der Waals surface area (Å²) in [5, 5.41) is 6.81. The van der Waals surface area contributed by atoms with Crippen LogP contribution in [0.5, 0.6) is 0 Å². The molecule has 34 heavy (non-hydrogen) atoms. The average molecular weight is 484 g/mol. The molecule has 10 nitrogen and oxygen atoms in total. The quantitative estimate of drug-likeness (QED) is 0.535. The zero-order valence-electron chi connectivity index (χ0n) is 19.9. The maximum absolute atomic E-state index is 11.8. The first-order valence-electron chi connectivity index (χ1n) is 12.0. The number of fused-ring (bicyclic) bond motifs is 3. The van der Waals surface area contributed by atoms with Gasteiger partial charge in [0, 0.05) is 31.4 Å². The lowest BCUT2D eigenvalue weighted by Gasteiger charge is -2.30. The van der Waals surface area contributed by atoms with Gasteiger partial charge in [-0.05, 0) is 51.0 Å². The van der Waals surface area contributed by atoms with Gasteiger partial charge in [-0.2, -0.15) is 5.10 Å². The Kier molecular flexibility index (Phi) is 5.03. The smallest absolute Gasteiger partial charge is 0.223 e. The Morgan fingerprint density at radius 2 is 1.91 bits per heavy atom. The maximum Gasteiger partial charge on any atom is 0.223 e. The van der Waals surface area contributed by atoms with Crippen molar-refractivity contribution in [1.29, 1.82) is 0 Å². The number of rotatable bonds is 5. The van der Waals surface area contributed by atoms with Crippen LogP contribution in [-0.2, 0) is 29.9 Å². The molecule has 1 saturated heterocycles. The Morgan fingerprint density at radius 3 is 2.56 bits per heavy atom. The van der Waals surface area contributed by atoms with Crippen molar-refractivity contribution in [2.75, 3.05) is 24.7 Å². The summed E-state index contributed by atoms with van der Waals surface area (Å²) < 4.78 is 29.6. The minimum Gasteiger partial charge on any atom is -0.351 e. The molecule has 0 unspecified atom stereocenters. The number of aromatic nitrogens is 6. The molecule has 3 aromatic heterocycles. The summed E-state index contributed by atoms with van der Waals surface area (Å²) in [7, 11) is -1.13. The van der Waals surface area contributed by atoms with Crippen molar-refractivity contribution in [3.8, 4) is 22.8 Å². The van der Waals surface area contributed by atoms with Crippen molar-refractivity contribution in [2.24, 2.45) is 7.05 Å². The molecule has 0 amide bonds. The van der Waals surface area contributed by atoms with Gasteiger partial charge in [0.1, 0.15) is 11.4 Å². The molecular formula is C23H31N8O2S+. The minimum absolute atomic E-state index is 0.158. The monoisotopic (exact) mass is 483 g/mol. The van der Waals surface area contributed by atoms with Crippen molar-refractivity contribution in [1.82, 2.24) is 28.9 Å². The molecular weight excluding hydrogens is 452 g/mol. The second kappa shape index (κ2) is 7.88. The fourth-order valence-electron chi connectivity index (χ4n) is 5.29. The van der Waals surface area contributed by atoms with E-state index in [-0.39, 0.29) is 6.04 Å². The van der Waals surface area contributed by atoms with Crippen LogP contribution in [0.4, 0.5) is 5.95 Å². The molecule has 6 rings (SSSR count). The third kappa shape index (κ3) is 3.80. The lowest BCUT2D eigenvalue weighted by molar-refractivity contribution is -0.727. The van der Waals surface area contributed by atoms with Crippen LogP contribution in [0.15, 0.2) is 12.4 Å². The molecule has 2 aliphatic carbocycles. The highest BCUT2D eigenvalue weighted by Gasteiger charge is 2.36. The van der Waals surface area contributed by atoms with Gasteiger partial charge in [-0.15, -0.1) is 4.68 Å². The van der Waals surface area contributed by atoms with Crippen LogP contribution >= 0.6 is 0 Å². The van der Waals surface area contributed by atoms with Crippen molar-refractivity contribution < 1.29 is 13.1 Å². The van der Waals surface area contributed by atoms with Crippen LogP contribution in [0.25, 0.3) is 22.8 Å². The Bertz CT molecular complexity index is 1360. The van der Waals surface area contributed by atoms with Crippen LogP contribution in [0.1, 0.15) is 48.7 Å². The van der Waals surface area contributed by atoms with Crippen LogP contribution < -0.4 is 10.00 Å². The average Bonchev–Trinajstić information content (AvgIpc) is 3.47. The molecule has 0 atom stereocenters. The summed E-state index contributed by atoms with van der Waals surface area (Å²) in [6.45, 7) is 3.14. The Labute approximate surface area is 199 Å². The van der Waals surface area contributed by atoms with Gasteiger partial charge in [-0.3, -0.25) is 0 Å². The highest BCUT2D eigenvalue weighted by atomic mass is 32.2. The third-order valence-corrected chi connectivity index (χ3v) is 8.49. The number of nitrogens with one attached hydrogen (secondary N) is 2. The van der Waals surface area contributed by atoms with E-state index in [4.69, 9.17) is 9.97 Å². The third-order valence-electron chi connectivity index (χ3n) is 7.18. The van der Waals surface area contributed by atoms with E-state index >= 15 is 0 Å². The van der Waals surface area contributed by atoms with E-state index < -0.39 is 10.0 Å². The number of imidazole rings is 1. The van der Waals surface area contributed by atoms with Gasteiger partial charge < -0.3 is 9.88 Å². The predicted octanol–water partition coefficient (Wildman–Crippen LogP) is 1.74. The van der Waals surface area contributed by atoms with Gasteiger partial charge in [0.15, 0.2) is 7.05 Å². The zero-order valence-corrected chi connectivity index (χ0v) is 20.7. The Balaban J connectivity index is 1.33. The largest absolute Gasteiger partial charge is 0.351 e. The first-order chi connectivity index (χ1) is 16.3. The number of sulfonamides is 1. The van der Waals surface area contributed by atoms with Crippen LogP contribution in [-0.4, -0.2) is 62.7 Å². The molecule has 180 valence electrons. The standard InChI is InChI=1S/C23H30N8O2S/c1-14-18(13-29(2)28-14)22-26-19-7-4-15-12-24-23(27-20(15)21(19)31(22)17-5-6-17)25-16-8-10-30(11-9-16)34(3,32)33/h12-13,16-17H,4-11H2,1-3H3,(H,24,25,27)/p+1. The molecule has 0 radical (unpaired) electrons. The lowest BCUT2D eigenvalue weighted by atomic mass is 9.98. The number of aromatic amines is 1. The van der Waals surface area contributed by atoms with Crippen LogP contribution in [0, 0.1) is 6.92 Å². The summed E-state index contributed by atoms with van der Waals surface area (Å²) in [5.41, 5.74) is 6.64. The number of hydrogen-bond donors (Lipinski definition) is 2. The summed E-state index contributed by atoms with van der Waals surface area (Å²) in [4.78, 5) is 14.7. The van der Waals surface area contributed by atoms with Gasteiger partial charge >= 0.3 is 0 Å². The molecule has 1 aliphatic heterocycles. The second-order valence-corrected chi connectivity index (χ2v) is 11.9. The number of piperidine rings is 1. The van der Waals surface area contributed by atoms with Gasteiger partial charge in [0.05, 0.1) is 29.0 Å². The van der Waals surface area contributed by atoms with Crippen LogP contribution in [0.3, 0.4) is 0 Å². The molecule has 1 saturated carbocycles. The summed E-state index contributed by atoms with van der Waals surface area (Å²) in [6.07, 6.45) is 10.9. The van der Waals surface area contributed by atoms with E-state index in [9.17, 15) is 8.42 Å². The Morgan fingerprint density at radius 1 is 1.15 bits per heavy atom. The number of H-pyrrole nitrogens is 1. The molecule has 11 heteroatoms. The first-order valence-corrected chi connectivity index (χ1v) is 13.9. The van der Waals surface area contributed by atoms with Crippen molar-refractivity contribution >= 4 is 16.0 Å². The molecule has 4 heterocycles. The number of nitrogens with zero attached hydrogens (tertiary/aromatic N) is 6. The van der Waals surface area contributed by atoms with Crippen molar-refractivity contribution in [3.63, 3.8) is 0 Å². The molecule has 2 fully saturated rings. The normalized spacial score (nSPS) is 19.1. The van der Waals surface area contributed by atoms with E-state index in [1.165, 1.54) is 6.26 Å². The van der Waals surface area contributed by atoms with E-state index in [2.05, 4.69) is 33.1 Å². The molecule has 0 spiro atoms. The van der Waals surface area contributed by atoms with E-state index in [0.717, 1.165) is 78.3 Å². The Hall–Kier alpha value is -2.79. The van der Waals surface area contributed by atoms with Crippen molar-refractivity contribution in [3.05, 3.63) is 29.3 Å². The van der Waals surface area contributed by atoms with Crippen LogP contribution in [0.2, 0.25) is 0 Å². The van der Waals surface area contributed by atoms with Gasteiger partial charge in [-0.1, -0.05) is 0 Å². The highest BCUT2D eigenvalue weighted by molar-refractivity contribution is 7.88. The molecule has 2 N–H and O–H groups in total. The van der Waals surface area contributed by atoms with Gasteiger partial charge in [0.25, 0.3) is 0 Å². The van der Waals surface area contributed by atoms with E-state index in [0.29, 0.717) is 25.1 Å². The van der Waals surface area contributed by atoms with E-state index in [1.807, 2.05) is 17.9 Å². The maximum atomic E-state index is 11.8. The molecule has 0 bridgehead atoms. The zero-order chi connectivity index (χ0) is 23.6. The lowest BCUT2D eigenvalue weighted by Crippen LogP contribution is -2.42. The predicted molar refractivity (Wildman–Crippen MR) is 128 cm³/mol. The SMILES string of the molecule is Cc1[nH][n+](C)cc1-c1nc2c(n1C1CC1)-c1nc(NC3CCN(S(C)(=O)=O)CC3)ncc1CC2. The second-order valence-electron chi connectivity index (χ2n) is 9.87. The highest BCUT2D eigenvalue weighted by Crippen LogP contribution is 2.45. The summed E-state index contributed by atoms with van der Waals surface area (Å²) >= 11 is 0.